The van der Waals surface area contributed by atoms with E-state index in [0.717, 1.165) is 33.3 Å². The number of benzene rings is 2. The minimum atomic E-state index is -0.235. The van der Waals surface area contributed by atoms with E-state index in [1.807, 2.05) is 31.2 Å². The van der Waals surface area contributed by atoms with Gasteiger partial charge in [0, 0.05) is 16.5 Å². The summed E-state index contributed by atoms with van der Waals surface area (Å²) in [5.41, 5.74) is 12.6. The summed E-state index contributed by atoms with van der Waals surface area (Å²) >= 11 is 6.70. The topological polar surface area (TPSA) is 64.7 Å². The van der Waals surface area contributed by atoms with Crippen molar-refractivity contribution in [2.45, 2.75) is 40.0 Å². The van der Waals surface area contributed by atoms with Crippen LogP contribution in [0, 0.1) is 13.8 Å². The third kappa shape index (κ3) is 3.63. The van der Waals surface area contributed by atoms with Crippen molar-refractivity contribution in [1.82, 2.24) is 15.0 Å². The zero-order chi connectivity index (χ0) is 21.6. The van der Waals surface area contributed by atoms with Crippen molar-refractivity contribution in [3.63, 3.8) is 0 Å². The van der Waals surface area contributed by atoms with Crippen molar-refractivity contribution in [3.8, 4) is 22.4 Å². The Hall–Kier alpha value is -2.98. The molecule has 0 aliphatic carbocycles. The van der Waals surface area contributed by atoms with Crippen LogP contribution >= 0.6 is 11.6 Å². The van der Waals surface area contributed by atoms with Gasteiger partial charge in [0.2, 0.25) is 0 Å². The molecule has 0 aliphatic heterocycles. The number of rotatable bonds is 2. The SMILES string of the molecule is Cc1ccc(-c2cc3c(N)nc(C(C)(C)C)nc3nc2-c2cccc(C)c2Cl)cc1. The van der Waals surface area contributed by atoms with Gasteiger partial charge >= 0.3 is 0 Å². The highest BCUT2D eigenvalue weighted by molar-refractivity contribution is 6.34. The summed E-state index contributed by atoms with van der Waals surface area (Å²) in [5.74, 6) is 1.11. The van der Waals surface area contributed by atoms with Gasteiger partial charge < -0.3 is 5.73 Å². The summed E-state index contributed by atoms with van der Waals surface area (Å²) in [6, 6.07) is 16.4. The molecular formula is C25H25ClN4. The Kier molecular flexibility index (Phi) is 4.99. The van der Waals surface area contributed by atoms with Crippen molar-refractivity contribution in [3.05, 3.63) is 70.5 Å². The maximum Gasteiger partial charge on any atom is 0.165 e. The van der Waals surface area contributed by atoms with Crippen LogP contribution in [0.15, 0.2) is 48.5 Å². The molecule has 0 amide bonds. The molecule has 2 N–H and O–H groups in total. The van der Waals surface area contributed by atoms with E-state index in [9.17, 15) is 0 Å². The first-order chi connectivity index (χ1) is 14.1. The van der Waals surface area contributed by atoms with Gasteiger partial charge in [-0.1, -0.05) is 80.4 Å². The predicted octanol–water partition coefficient (Wildman–Crippen LogP) is 6.51. The van der Waals surface area contributed by atoms with Crippen molar-refractivity contribution >= 4 is 28.5 Å². The van der Waals surface area contributed by atoms with Gasteiger partial charge in [-0.25, -0.2) is 15.0 Å². The fourth-order valence-corrected chi connectivity index (χ4v) is 3.62. The number of aromatic nitrogens is 3. The number of fused-ring (bicyclic) bond motifs is 1. The fourth-order valence-electron chi connectivity index (χ4n) is 3.40. The average Bonchev–Trinajstić information content (AvgIpc) is 2.69. The lowest BCUT2D eigenvalue weighted by atomic mass is 9.95. The van der Waals surface area contributed by atoms with Gasteiger partial charge in [0.25, 0.3) is 0 Å². The molecule has 0 saturated carbocycles. The summed E-state index contributed by atoms with van der Waals surface area (Å²) in [6.07, 6.45) is 0. The third-order valence-corrected chi connectivity index (χ3v) is 5.70. The Morgan fingerprint density at radius 3 is 2.23 bits per heavy atom. The second-order valence-corrected chi connectivity index (χ2v) is 9.12. The van der Waals surface area contributed by atoms with E-state index in [-0.39, 0.29) is 5.41 Å². The molecule has 30 heavy (non-hydrogen) atoms. The van der Waals surface area contributed by atoms with Crippen molar-refractivity contribution in [2.75, 3.05) is 5.73 Å². The summed E-state index contributed by atoms with van der Waals surface area (Å²) in [7, 11) is 0. The van der Waals surface area contributed by atoms with Crippen LogP contribution in [0.1, 0.15) is 37.7 Å². The molecule has 2 aromatic heterocycles. The van der Waals surface area contributed by atoms with Gasteiger partial charge in [-0.05, 0) is 31.0 Å². The second kappa shape index (κ2) is 7.37. The van der Waals surface area contributed by atoms with Crippen LogP contribution in [0.25, 0.3) is 33.4 Å². The molecule has 0 spiro atoms. The highest BCUT2D eigenvalue weighted by Gasteiger charge is 2.22. The van der Waals surface area contributed by atoms with Crippen LogP contribution in [0.5, 0.6) is 0 Å². The van der Waals surface area contributed by atoms with Gasteiger partial charge in [0.1, 0.15) is 11.6 Å². The largest absolute Gasteiger partial charge is 0.383 e. The zero-order valence-corrected chi connectivity index (χ0v) is 18.7. The number of halogens is 1. The lowest BCUT2D eigenvalue weighted by Gasteiger charge is -2.19. The first-order valence-electron chi connectivity index (χ1n) is 9.96. The van der Waals surface area contributed by atoms with E-state index in [0.29, 0.717) is 22.3 Å². The van der Waals surface area contributed by atoms with E-state index in [1.54, 1.807) is 0 Å². The molecule has 4 nitrogen and oxygen atoms in total. The summed E-state index contributed by atoms with van der Waals surface area (Å²) in [6.45, 7) is 10.3. The van der Waals surface area contributed by atoms with Gasteiger partial charge in [0.15, 0.2) is 5.65 Å². The van der Waals surface area contributed by atoms with E-state index in [2.05, 4.69) is 56.9 Å². The van der Waals surface area contributed by atoms with Crippen LogP contribution in [-0.2, 0) is 5.41 Å². The molecule has 2 heterocycles. The molecule has 0 unspecified atom stereocenters. The summed E-state index contributed by atoms with van der Waals surface area (Å²) in [5, 5.41) is 1.43. The number of nitrogens with two attached hydrogens (primary N) is 1. The first-order valence-corrected chi connectivity index (χ1v) is 10.3. The van der Waals surface area contributed by atoms with E-state index >= 15 is 0 Å². The molecule has 0 bridgehead atoms. The lowest BCUT2D eigenvalue weighted by molar-refractivity contribution is 0.549. The molecule has 0 fully saturated rings. The molecule has 4 rings (SSSR count). The van der Waals surface area contributed by atoms with Crippen LogP contribution in [0.2, 0.25) is 5.02 Å². The maximum absolute atomic E-state index is 6.70. The van der Waals surface area contributed by atoms with Crippen LogP contribution < -0.4 is 5.73 Å². The van der Waals surface area contributed by atoms with Gasteiger partial charge in [-0.3, -0.25) is 0 Å². The number of aryl methyl sites for hydroxylation is 2. The number of hydrogen-bond donors (Lipinski definition) is 1. The number of nitrogen functional groups attached to an aromatic ring is 1. The fraction of sp³-hybridized carbons (Fsp3) is 0.240. The molecule has 5 heteroatoms. The molecule has 4 aromatic rings. The quantitative estimate of drug-likeness (QED) is 0.404. The van der Waals surface area contributed by atoms with E-state index in [1.165, 1.54) is 5.56 Å². The monoisotopic (exact) mass is 416 g/mol. The summed E-state index contributed by atoms with van der Waals surface area (Å²) < 4.78 is 0. The zero-order valence-electron chi connectivity index (χ0n) is 17.9. The van der Waals surface area contributed by atoms with Crippen LogP contribution in [-0.4, -0.2) is 15.0 Å². The van der Waals surface area contributed by atoms with Gasteiger partial charge in [-0.2, -0.15) is 0 Å². The highest BCUT2D eigenvalue weighted by Crippen LogP contribution is 2.38. The van der Waals surface area contributed by atoms with Crippen LogP contribution in [0.4, 0.5) is 5.82 Å². The predicted molar refractivity (Wildman–Crippen MR) is 126 cm³/mol. The van der Waals surface area contributed by atoms with E-state index in [4.69, 9.17) is 27.3 Å². The smallest absolute Gasteiger partial charge is 0.165 e. The molecule has 0 radical (unpaired) electrons. The Bertz CT molecular complexity index is 1260. The number of pyridine rings is 1. The Morgan fingerprint density at radius 2 is 1.57 bits per heavy atom. The minimum absolute atomic E-state index is 0.235. The Balaban J connectivity index is 2.08. The lowest BCUT2D eigenvalue weighted by Crippen LogP contribution is -2.17. The first kappa shape index (κ1) is 20.3. The van der Waals surface area contributed by atoms with E-state index < -0.39 is 0 Å². The third-order valence-electron chi connectivity index (χ3n) is 5.20. The van der Waals surface area contributed by atoms with Crippen LogP contribution in [0.3, 0.4) is 0 Å². The molecule has 0 atom stereocenters. The molecular weight excluding hydrogens is 392 g/mol. The molecule has 2 aromatic carbocycles. The van der Waals surface area contributed by atoms with Gasteiger partial charge in [0.05, 0.1) is 16.1 Å². The second-order valence-electron chi connectivity index (χ2n) is 8.74. The molecule has 0 aliphatic rings. The number of hydrogen-bond acceptors (Lipinski definition) is 4. The highest BCUT2D eigenvalue weighted by atomic mass is 35.5. The normalized spacial score (nSPS) is 11.8. The Morgan fingerprint density at radius 1 is 0.867 bits per heavy atom. The number of nitrogens with zero attached hydrogens (tertiary/aromatic N) is 3. The van der Waals surface area contributed by atoms with Crippen molar-refractivity contribution in [1.29, 1.82) is 0 Å². The van der Waals surface area contributed by atoms with Gasteiger partial charge in [-0.15, -0.1) is 0 Å². The van der Waals surface area contributed by atoms with Crippen molar-refractivity contribution in [2.24, 2.45) is 0 Å². The Labute approximate surface area is 182 Å². The standard InChI is InChI=1S/C25H25ClN4/c1-14-9-11-16(12-10-14)18-13-19-22(27)29-24(25(3,4)5)30-23(19)28-21(18)17-8-6-7-15(2)20(17)26/h6-13H,1-5H3,(H2,27,28,29,30). The average molecular weight is 417 g/mol. The molecule has 0 saturated heterocycles. The van der Waals surface area contributed by atoms with Crippen molar-refractivity contribution < 1.29 is 0 Å². The summed E-state index contributed by atoms with van der Waals surface area (Å²) in [4.78, 5) is 14.3. The minimum Gasteiger partial charge on any atom is -0.383 e. The maximum atomic E-state index is 6.70. The number of anilines is 1. The molecule has 152 valence electrons.